The Balaban J connectivity index is 1.65. The molecule has 0 saturated heterocycles. The normalized spacial score (nSPS) is 11.0. The Hall–Kier alpha value is -4.28. The summed E-state index contributed by atoms with van der Waals surface area (Å²) in [6.45, 7) is 1.87. The summed E-state index contributed by atoms with van der Waals surface area (Å²) < 4.78 is 5.18. The highest BCUT2D eigenvalue weighted by atomic mass is 16.6. The third-order valence-electron chi connectivity index (χ3n) is 4.24. The van der Waals surface area contributed by atoms with E-state index in [1.165, 1.54) is 12.3 Å². The number of aryl methyl sites for hydroxylation is 1. The fraction of sp³-hybridized carbons (Fsp3) is 0.200. The van der Waals surface area contributed by atoms with Crippen LogP contribution in [-0.4, -0.2) is 38.7 Å². The van der Waals surface area contributed by atoms with E-state index in [0.717, 1.165) is 6.07 Å². The standard InChI is InChI=1S/C20H19N5O6/c1-2-31-17-10-12(9-16(19(17)27)25(29)30)11-21-24-18(26)8-7-15-20(28)23-14-6-4-3-5-13(14)22-15/h3-6,9-11,27H,2,7-8H2,1H3,(H,23,28)(H,24,26)/b21-11-. The van der Waals surface area contributed by atoms with Gasteiger partial charge >= 0.3 is 5.69 Å². The Morgan fingerprint density at radius 3 is 2.90 bits per heavy atom. The number of para-hydroxylation sites is 2. The SMILES string of the molecule is CCOc1cc(/C=N\NC(=O)CCc2nc3ccccc3[nH]c2=O)cc([N+](=O)[O-])c1O. The average Bonchev–Trinajstić information content (AvgIpc) is 2.74. The van der Waals surface area contributed by atoms with Gasteiger partial charge in [0.05, 0.1) is 28.8 Å². The van der Waals surface area contributed by atoms with Crippen LogP contribution in [0.25, 0.3) is 11.0 Å². The lowest BCUT2D eigenvalue weighted by atomic mass is 10.2. The van der Waals surface area contributed by atoms with Crippen molar-refractivity contribution in [1.29, 1.82) is 0 Å². The number of aromatic amines is 1. The average molecular weight is 425 g/mol. The zero-order valence-corrected chi connectivity index (χ0v) is 16.5. The first kappa shape index (κ1) is 21.4. The molecule has 0 atom stereocenters. The minimum Gasteiger partial charge on any atom is -0.500 e. The van der Waals surface area contributed by atoms with Crippen LogP contribution in [0.4, 0.5) is 5.69 Å². The van der Waals surface area contributed by atoms with Gasteiger partial charge in [-0.3, -0.25) is 19.7 Å². The van der Waals surface area contributed by atoms with Crippen molar-refractivity contribution in [1.82, 2.24) is 15.4 Å². The van der Waals surface area contributed by atoms with Crippen LogP contribution < -0.4 is 15.7 Å². The van der Waals surface area contributed by atoms with Crippen LogP contribution in [0.15, 0.2) is 46.3 Å². The van der Waals surface area contributed by atoms with Gasteiger partial charge < -0.3 is 14.8 Å². The van der Waals surface area contributed by atoms with E-state index in [2.05, 4.69) is 20.5 Å². The van der Waals surface area contributed by atoms with Crippen molar-refractivity contribution in [2.24, 2.45) is 5.10 Å². The van der Waals surface area contributed by atoms with E-state index in [4.69, 9.17) is 4.74 Å². The van der Waals surface area contributed by atoms with Gasteiger partial charge in [-0.05, 0) is 25.1 Å². The van der Waals surface area contributed by atoms with E-state index in [-0.39, 0.29) is 42.0 Å². The number of aromatic nitrogens is 2. The van der Waals surface area contributed by atoms with Crippen LogP contribution in [-0.2, 0) is 11.2 Å². The van der Waals surface area contributed by atoms with Crippen molar-refractivity contribution in [2.75, 3.05) is 6.61 Å². The second-order valence-electron chi connectivity index (χ2n) is 6.40. The number of nitrogens with zero attached hydrogens (tertiary/aromatic N) is 3. The molecule has 0 aliphatic rings. The number of hydrogen-bond donors (Lipinski definition) is 3. The Kier molecular flexibility index (Phi) is 6.55. The maximum Gasteiger partial charge on any atom is 0.315 e. The summed E-state index contributed by atoms with van der Waals surface area (Å²) >= 11 is 0. The highest BCUT2D eigenvalue weighted by Crippen LogP contribution is 2.36. The summed E-state index contributed by atoms with van der Waals surface area (Å²) in [5.41, 5.74) is 3.09. The number of amides is 1. The molecule has 0 aliphatic heterocycles. The number of carbonyl (C=O) groups is 1. The number of nitrogens with one attached hydrogen (secondary N) is 2. The molecule has 11 heteroatoms. The summed E-state index contributed by atoms with van der Waals surface area (Å²) in [5.74, 6) is -1.11. The molecule has 3 rings (SSSR count). The first-order valence-electron chi connectivity index (χ1n) is 9.33. The van der Waals surface area contributed by atoms with Crippen LogP contribution in [0.2, 0.25) is 0 Å². The Labute approximate surface area is 175 Å². The quantitative estimate of drug-likeness (QED) is 0.283. The Bertz CT molecular complexity index is 1220. The highest BCUT2D eigenvalue weighted by Gasteiger charge is 2.19. The third-order valence-corrected chi connectivity index (χ3v) is 4.24. The maximum absolute atomic E-state index is 12.1. The van der Waals surface area contributed by atoms with Crippen molar-refractivity contribution in [3.05, 3.63) is 68.1 Å². The molecular formula is C20H19N5O6. The van der Waals surface area contributed by atoms with Crippen molar-refractivity contribution >= 4 is 28.8 Å². The number of fused-ring (bicyclic) bond motifs is 1. The van der Waals surface area contributed by atoms with E-state index >= 15 is 0 Å². The van der Waals surface area contributed by atoms with Gasteiger partial charge in [0.25, 0.3) is 5.56 Å². The van der Waals surface area contributed by atoms with Crippen LogP contribution in [0.5, 0.6) is 11.5 Å². The van der Waals surface area contributed by atoms with E-state index < -0.39 is 22.3 Å². The van der Waals surface area contributed by atoms with Gasteiger partial charge in [0, 0.05) is 24.5 Å². The fourth-order valence-electron chi connectivity index (χ4n) is 2.80. The first-order valence-corrected chi connectivity index (χ1v) is 9.33. The minimum absolute atomic E-state index is 0.0360. The molecule has 0 aliphatic carbocycles. The number of nitro benzene ring substituents is 1. The van der Waals surface area contributed by atoms with E-state index in [9.17, 15) is 24.8 Å². The van der Waals surface area contributed by atoms with Gasteiger partial charge in [-0.25, -0.2) is 10.4 Å². The van der Waals surface area contributed by atoms with Crippen LogP contribution >= 0.6 is 0 Å². The lowest BCUT2D eigenvalue weighted by molar-refractivity contribution is -0.386. The monoisotopic (exact) mass is 425 g/mol. The molecule has 160 valence electrons. The predicted octanol–water partition coefficient (Wildman–Crippen LogP) is 2.02. The molecule has 31 heavy (non-hydrogen) atoms. The van der Waals surface area contributed by atoms with E-state index in [0.29, 0.717) is 11.0 Å². The van der Waals surface area contributed by atoms with Crippen molar-refractivity contribution in [3.8, 4) is 11.5 Å². The molecule has 0 bridgehead atoms. The van der Waals surface area contributed by atoms with Gasteiger partial charge in [-0.1, -0.05) is 12.1 Å². The number of nitro groups is 1. The molecule has 11 nitrogen and oxygen atoms in total. The smallest absolute Gasteiger partial charge is 0.315 e. The second-order valence-corrected chi connectivity index (χ2v) is 6.40. The van der Waals surface area contributed by atoms with Gasteiger partial charge in [0.15, 0.2) is 5.75 Å². The number of phenolic OH excluding ortho intramolecular Hbond substituents is 1. The second kappa shape index (κ2) is 9.48. The number of ether oxygens (including phenoxy) is 1. The zero-order chi connectivity index (χ0) is 22.4. The number of hydrazone groups is 1. The van der Waals surface area contributed by atoms with Crippen molar-refractivity contribution in [2.45, 2.75) is 19.8 Å². The summed E-state index contributed by atoms with van der Waals surface area (Å²) in [7, 11) is 0. The molecule has 0 spiro atoms. The number of carbonyl (C=O) groups excluding carboxylic acids is 1. The highest BCUT2D eigenvalue weighted by molar-refractivity contribution is 5.85. The number of benzene rings is 2. The number of hydrogen-bond acceptors (Lipinski definition) is 8. The molecule has 1 heterocycles. The Morgan fingerprint density at radius 1 is 1.39 bits per heavy atom. The van der Waals surface area contributed by atoms with Crippen molar-refractivity contribution in [3.63, 3.8) is 0 Å². The fourth-order valence-corrected chi connectivity index (χ4v) is 2.80. The first-order chi connectivity index (χ1) is 14.9. The molecule has 1 aromatic heterocycles. The molecule has 0 unspecified atom stereocenters. The van der Waals surface area contributed by atoms with Crippen LogP contribution in [0.3, 0.4) is 0 Å². The van der Waals surface area contributed by atoms with E-state index in [1.807, 2.05) is 0 Å². The molecule has 0 saturated carbocycles. The molecule has 0 radical (unpaired) electrons. The molecule has 0 fully saturated rings. The number of rotatable bonds is 8. The Morgan fingerprint density at radius 2 is 2.16 bits per heavy atom. The largest absolute Gasteiger partial charge is 0.500 e. The van der Waals surface area contributed by atoms with Gasteiger partial charge in [-0.2, -0.15) is 5.10 Å². The van der Waals surface area contributed by atoms with Crippen LogP contribution in [0.1, 0.15) is 24.6 Å². The molecular weight excluding hydrogens is 406 g/mol. The molecule has 1 amide bonds. The van der Waals surface area contributed by atoms with Crippen molar-refractivity contribution < 1.29 is 19.6 Å². The number of phenols is 1. The summed E-state index contributed by atoms with van der Waals surface area (Å²) in [4.78, 5) is 41.4. The maximum atomic E-state index is 12.1. The van der Waals surface area contributed by atoms with Gasteiger partial charge in [-0.15, -0.1) is 0 Å². The summed E-state index contributed by atoms with van der Waals surface area (Å²) in [6.07, 6.45) is 1.26. The summed E-state index contributed by atoms with van der Waals surface area (Å²) in [5, 5.41) is 24.7. The molecule has 3 aromatic rings. The third kappa shape index (κ3) is 5.21. The topological polar surface area (TPSA) is 160 Å². The lowest BCUT2D eigenvalue weighted by Crippen LogP contribution is -2.21. The number of H-pyrrole nitrogens is 1. The van der Waals surface area contributed by atoms with Gasteiger partial charge in [0.1, 0.15) is 5.69 Å². The molecule has 3 N–H and O–H groups in total. The van der Waals surface area contributed by atoms with Gasteiger partial charge in [0.2, 0.25) is 11.7 Å². The minimum atomic E-state index is -0.748. The zero-order valence-electron chi connectivity index (χ0n) is 16.5. The predicted molar refractivity (Wildman–Crippen MR) is 112 cm³/mol. The van der Waals surface area contributed by atoms with E-state index in [1.54, 1.807) is 31.2 Å². The van der Waals surface area contributed by atoms with Crippen LogP contribution in [0, 0.1) is 10.1 Å². The summed E-state index contributed by atoms with van der Waals surface area (Å²) in [6, 6.07) is 9.53. The molecule has 2 aromatic carbocycles. The lowest BCUT2D eigenvalue weighted by Gasteiger charge is -2.07. The number of aromatic hydroxyl groups is 1.